The summed E-state index contributed by atoms with van der Waals surface area (Å²) in [4.78, 5) is 2.53. The molecular weight excluding hydrogens is 375 g/mol. The zero-order chi connectivity index (χ0) is 19.6. The first-order valence-electron chi connectivity index (χ1n) is 9.68. The van der Waals surface area contributed by atoms with E-state index in [0.717, 1.165) is 11.1 Å². The van der Waals surface area contributed by atoms with Gasteiger partial charge in [0, 0.05) is 9.79 Å². The lowest BCUT2D eigenvalue weighted by atomic mass is 9.67. The van der Waals surface area contributed by atoms with Gasteiger partial charge in [0.25, 0.3) is 0 Å². The molecule has 2 aliphatic rings. The van der Waals surface area contributed by atoms with Crippen LogP contribution < -0.4 is 5.46 Å². The van der Waals surface area contributed by atoms with E-state index in [4.69, 9.17) is 0 Å². The Balaban J connectivity index is 1.81. The van der Waals surface area contributed by atoms with Crippen LogP contribution in [-0.2, 0) is 5.41 Å². The maximum absolute atomic E-state index is 9.77. The topological polar surface area (TPSA) is 40.5 Å². The normalized spacial score (nSPS) is 14.7. The molecule has 0 atom stereocenters. The van der Waals surface area contributed by atoms with Crippen molar-refractivity contribution in [3.05, 3.63) is 113 Å². The highest BCUT2D eigenvalue weighted by molar-refractivity contribution is 7.99. The second-order valence-corrected chi connectivity index (χ2v) is 8.65. The molecule has 138 valence electrons. The van der Waals surface area contributed by atoms with E-state index in [2.05, 4.69) is 78.9 Å². The summed E-state index contributed by atoms with van der Waals surface area (Å²) >= 11 is 1.82. The lowest BCUT2D eigenvalue weighted by Gasteiger charge is -2.39. The van der Waals surface area contributed by atoms with Crippen LogP contribution in [0.5, 0.6) is 0 Å². The van der Waals surface area contributed by atoms with E-state index < -0.39 is 12.5 Å². The predicted octanol–water partition coefficient (Wildman–Crippen LogP) is 4.19. The van der Waals surface area contributed by atoms with Crippen molar-refractivity contribution in [2.24, 2.45) is 0 Å². The van der Waals surface area contributed by atoms with Crippen LogP contribution in [0.4, 0.5) is 0 Å². The van der Waals surface area contributed by atoms with Crippen LogP contribution in [0.15, 0.2) is 101 Å². The molecule has 0 saturated carbocycles. The number of hydrogen-bond donors (Lipinski definition) is 2. The van der Waals surface area contributed by atoms with E-state index in [1.54, 1.807) is 0 Å². The van der Waals surface area contributed by atoms with E-state index >= 15 is 0 Å². The minimum atomic E-state index is -1.48. The molecule has 0 saturated heterocycles. The first-order chi connectivity index (χ1) is 14.2. The smallest absolute Gasteiger partial charge is 0.423 e. The molecule has 0 radical (unpaired) electrons. The van der Waals surface area contributed by atoms with Crippen molar-refractivity contribution < 1.29 is 10.0 Å². The second kappa shape index (κ2) is 6.10. The first-order valence-corrected chi connectivity index (χ1v) is 10.5. The Kier molecular flexibility index (Phi) is 3.60. The molecule has 0 unspecified atom stereocenters. The Morgan fingerprint density at radius 3 is 1.79 bits per heavy atom. The van der Waals surface area contributed by atoms with E-state index in [0.29, 0.717) is 5.46 Å². The third-order valence-electron chi connectivity index (χ3n) is 6.17. The zero-order valence-corrected chi connectivity index (χ0v) is 16.4. The summed E-state index contributed by atoms with van der Waals surface area (Å²) in [6, 6.07) is 31.6. The molecule has 1 aliphatic carbocycles. The van der Waals surface area contributed by atoms with Gasteiger partial charge in [-0.05, 0) is 51.0 Å². The molecule has 4 aromatic carbocycles. The molecule has 6 rings (SSSR count). The van der Waals surface area contributed by atoms with E-state index in [-0.39, 0.29) is 0 Å². The fourth-order valence-electron chi connectivity index (χ4n) is 5.04. The van der Waals surface area contributed by atoms with Crippen molar-refractivity contribution in [2.75, 3.05) is 0 Å². The molecule has 2 N–H and O–H groups in total. The summed E-state index contributed by atoms with van der Waals surface area (Å²) < 4.78 is 0. The quantitative estimate of drug-likeness (QED) is 0.412. The third kappa shape index (κ3) is 2.17. The van der Waals surface area contributed by atoms with Gasteiger partial charge < -0.3 is 10.0 Å². The highest BCUT2D eigenvalue weighted by atomic mass is 32.2. The molecule has 4 aromatic rings. The van der Waals surface area contributed by atoms with Gasteiger partial charge in [0.2, 0.25) is 0 Å². The first kappa shape index (κ1) is 17.1. The summed E-state index contributed by atoms with van der Waals surface area (Å²) in [5.74, 6) is 0. The summed E-state index contributed by atoms with van der Waals surface area (Å²) in [5.41, 5.74) is 7.36. The van der Waals surface area contributed by atoms with Crippen molar-refractivity contribution in [1.29, 1.82) is 0 Å². The van der Waals surface area contributed by atoms with Crippen LogP contribution in [0.1, 0.15) is 22.3 Å². The maximum Gasteiger partial charge on any atom is 0.488 e. The van der Waals surface area contributed by atoms with E-state index in [1.807, 2.05) is 23.9 Å². The van der Waals surface area contributed by atoms with Crippen LogP contribution in [0, 0.1) is 0 Å². The van der Waals surface area contributed by atoms with Crippen LogP contribution >= 0.6 is 11.8 Å². The SMILES string of the molecule is OB(O)c1ccc2c(c1)-c1ccccc1C21c2ccccc2Sc2ccccc21. The molecule has 1 spiro atoms. The van der Waals surface area contributed by atoms with E-state index in [9.17, 15) is 10.0 Å². The van der Waals surface area contributed by atoms with Gasteiger partial charge in [-0.1, -0.05) is 90.6 Å². The Morgan fingerprint density at radius 2 is 1.14 bits per heavy atom. The van der Waals surface area contributed by atoms with E-state index in [1.165, 1.54) is 32.0 Å². The molecular formula is C25H17BO2S. The molecule has 1 aliphatic heterocycles. The molecule has 2 nitrogen and oxygen atoms in total. The van der Waals surface area contributed by atoms with Gasteiger partial charge in [-0.3, -0.25) is 0 Å². The number of rotatable bonds is 1. The minimum absolute atomic E-state index is 0.400. The molecule has 0 bridgehead atoms. The summed E-state index contributed by atoms with van der Waals surface area (Å²) in [7, 11) is -1.48. The number of benzene rings is 4. The second-order valence-electron chi connectivity index (χ2n) is 7.57. The van der Waals surface area contributed by atoms with Gasteiger partial charge >= 0.3 is 7.12 Å². The zero-order valence-electron chi connectivity index (χ0n) is 15.5. The Hall–Kier alpha value is -2.79. The molecule has 4 heteroatoms. The molecule has 1 heterocycles. The lowest BCUT2D eigenvalue weighted by molar-refractivity contribution is 0.426. The minimum Gasteiger partial charge on any atom is -0.423 e. The van der Waals surface area contributed by atoms with Gasteiger partial charge in [-0.2, -0.15) is 0 Å². The van der Waals surface area contributed by atoms with Gasteiger partial charge in [0.05, 0.1) is 5.41 Å². The Morgan fingerprint density at radius 1 is 0.586 bits per heavy atom. The molecule has 29 heavy (non-hydrogen) atoms. The predicted molar refractivity (Wildman–Crippen MR) is 118 cm³/mol. The van der Waals surface area contributed by atoms with Gasteiger partial charge in [-0.25, -0.2) is 0 Å². The molecule has 0 amide bonds. The fourth-order valence-corrected chi connectivity index (χ4v) is 6.23. The van der Waals surface area contributed by atoms with Gasteiger partial charge in [-0.15, -0.1) is 0 Å². The lowest BCUT2D eigenvalue weighted by Crippen LogP contribution is -2.33. The Bertz CT molecular complexity index is 1240. The van der Waals surface area contributed by atoms with Crippen LogP contribution in [0.25, 0.3) is 11.1 Å². The summed E-state index contributed by atoms with van der Waals surface area (Å²) in [6.07, 6.45) is 0. The largest absolute Gasteiger partial charge is 0.488 e. The van der Waals surface area contributed by atoms with Crippen molar-refractivity contribution in [1.82, 2.24) is 0 Å². The summed E-state index contributed by atoms with van der Waals surface area (Å²) in [5, 5.41) is 19.5. The molecule has 0 aromatic heterocycles. The standard InChI is InChI=1S/C25H17BO2S/c27-26(28)16-13-14-20-18(15-16)17-7-1-2-8-19(17)25(20)21-9-3-5-11-23(21)29-24-12-6-4-10-22(24)25/h1-15,27-28H. The van der Waals surface area contributed by atoms with Crippen LogP contribution in [0.2, 0.25) is 0 Å². The van der Waals surface area contributed by atoms with Crippen LogP contribution in [0.3, 0.4) is 0 Å². The van der Waals surface area contributed by atoms with Gasteiger partial charge in [0.15, 0.2) is 0 Å². The summed E-state index contributed by atoms with van der Waals surface area (Å²) in [6.45, 7) is 0. The molecule has 0 fully saturated rings. The third-order valence-corrected chi connectivity index (χ3v) is 7.32. The van der Waals surface area contributed by atoms with Crippen molar-refractivity contribution >= 4 is 24.3 Å². The van der Waals surface area contributed by atoms with Crippen LogP contribution in [-0.4, -0.2) is 17.2 Å². The average Bonchev–Trinajstić information content (AvgIpc) is 3.05. The van der Waals surface area contributed by atoms with Crippen molar-refractivity contribution in [3.63, 3.8) is 0 Å². The highest BCUT2D eigenvalue weighted by Crippen LogP contribution is 2.61. The fraction of sp³-hybridized carbons (Fsp3) is 0.0400. The number of hydrogen-bond acceptors (Lipinski definition) is 3. The average molecular weight is 392 g/mol. The monoisotopic (exact) mass is 392 g/mol. The highest BCUT2D eigenvalue weighted by Gasteiger charge is 2.50. The number of fused-ring (bicyclic) bond motifs is 9. The van der Waals surface area contributed by atoms with Crippen molar-refractivity contribution in [2.45, 2.75) is 15.2 Å². The van der Waals surface area contributed by atoms with Gasteiger partial charge in [0.1, 0.15) is 0 Å². The Labute approximate surface area is 174 Å². The van der Waals surface area contributed by atoms with Crippen molar-refractivity contribution in [3.8, 4) is 11.1 Å². The maximum atomic E-state index is 9.77.